The number of phenolic OH excluding ortho intramolecular Hbond substituents is 1. The number of aromatic hydroxyl groups is 1. The second kappa shape index (κ2) is 4.87. The third-order valence-corrected chi connectivity index (χ3v) is 4.17. The van der Waals surface area contributed by atoms with Crippen LogP contribution >= 0.6 is 12.4 Å². The summed E-state index contributed by atoms with van der Waals surface area (Å²) in [5.41, 5.74) is 3.14. The highest BCUT2D eigenvalue weighted by molar-refractivity contribution is 5.85. The first kappa shape index (κ1) is 12.7. The third-order valence-electron chi connectivity index (χ3n) is 4.17. The minimum Gasteiger partial charge on any atom is -0.508 e. The number of piperidine rings is 1. The lowest BCUT2D eigenvalue weighted by Gasteiger charge is -2.42. The Kier molecular flexibility index (Phi) is 3.64. The molecule has 2 aliphatic rings. The van der Waals surface area contributed by atoms with Crippen LogP contribution in [0.4, 0.5) is 0 Å². The molecule has 2 nitrogen and oxygen atoms in total. The zero-order chi connectivity index (χ0) is 11.0. The van der Waals surface area contributed by atoms with Crippen molar-refractivity contribution in [3.05, 3.63) is 29.3 Å². The largest absolute Gasteiger partial charge is 0.508 e. The summed E-state index contributed by atoms with van der Waals surface area (Å²) in [6.45, 7) is 1.17. The van der Waals surface area contributed by atoms with Crippen LogP contribution in [0.3, 0.4) is 0 Å². The maximum absolute atomic E-state index is 9.47. The molecule has 0 aromatic heterocycles. The van der Waals surface area contributed by atoms with Gasteiger partial charge in [0, 0.05) is 5.54 Å². The summed E-state index contributed by atoms with van der Waals surface area (Å²) in [4.78, 5) is 0. The van der Waals surface area contributed by atoms with Crippen LogP contribution in [0.2, 0.25) is 0 Å². The van der Waals surface area contributed by atoms with Crippen LogP contribution in [-0.4, -0.2) is 17.2 Å². The highest BCUT2D eigenvalue weighted by Crippen LogP contribution is 2.35. The van der Waals surface area contributed by atoms with E-state index in [9.17, 15) is 5.11 Å². The van der Waals surface area contributed by atoms with E-state index in [0.29, 0.717) is 11.3 Å². The van der Waals surface area contributed by atoms with Gasteiger partial charge in [-0.2, -0.15) is 0 Å². The van der Waals surface area contributed by atoms with Crippen LogP contribution in [0.25, 0.3) is 0 Å². The fourth-order valence-electron chi connectivity index (χ4n) is 3.24. The molecule has 2 N–H and O–H groups in total. The van der Waals surface area contributed by atoms with Crippen molar-refractivity contribution in [2.45, 2.75) is 44.1 Å². The lowest BCUT2D eigenvalue weighted by Crippen LogP contribution is -2.52. The van der Waals surface area contributed by atoms with E-state index in [1.807, 2.05) is 12.1 Å². The molecular formula is C14H20ClNO. The molecule has 1 aromatic carbocycles. The zero-order valence-corrected chi connectivity index (χ0v) is 10.9. The number of hydrogen-bond donors (Lipinski definition) is 2. The summed E-state index contributed by atoms with van der Waals surface area (Å²) in [6.07, 6.45) is 7.47. The minimum absolute atomic E-state index is 0. The summed E-state index contributed by atoms with van der Waals surface area (Å²) in [6, 6.07) is 5.85. The smallest absolute Gasteiger partial charge is 0.115 e. The minimum atomic E-state index is 0. The molecule has 1 saturated heterocycles. The van der Waals surface area contributed by atoms with Crippen molar-refractivity contribution >= 4 is 12.4 Å². The van der Waals surface area contributed by atoms with Crippen LogP contribution in [0.5, 0.6) is 5.75 Å². The van der Waals surface area contributed by atoms with Gasteiger partial charge in [0.05, 0.1) is 0 Å². The Morgan fingerprint density at radius 1 is 1.12 bits per heavy atom. The normalized spacial score (nSPS) is 27.3. The number of phenols is 1. The maximum Gasteiger partial charge on any atom is 0.115 e. The molecule has 0 amide bonds. The van der Waals surface area contributed by atoms with Crippen LogP contribution in [-0.2, 0) is 12.8 Å². The Morgan fingerprint density at radius 2 is 2.00 bits per heavy atom. The van der Waals surface area contributed by atoms with Gasteiger partial charge in [0.2, 0.25) is 0 Å². The Morgan fingerprint density at radius 3 is 2.76 bits per heavy atom. The van der Waals surface area contributed by atoms with E-state index < -0.39 is 0 Å². The fourth-order valence-corrected chi connectivity index (χ4v) is 3.24. The molecule has 1 spiro atoms. The predicted molar refractivity (Wildman–Crippen MR) is 72.0 cm³/mol. The molecule has 1 aliphatic heterocycles. The molecule has 17 heavy (non-hydrogen) atoms. The number of aryl methyl sites for hydroxylation is 1. The summed E-state index contributed by atoms with van der Waals surface area (Å²) >= 11 is 0. The van der Waals surface area contributed by atoms with Crippen LogP contribution in [0, 0.1) is 0 Å². The van der Waals surface area contributed by atoms with Crippen molar-refractivity contribution in [1.82, 2.24) is 5.32 Å². The number of rotatable bonds is 0. The van der Waals surface area contributed by atoms with E-state index in [1.165, 1.54) is 43.4 Å². The van der Waals surface area contributed by atoms with Crippen molar-refractivity contribution in [2.75, 3.05) is 6.54 Å². The first-order chi connectivity index (χ1) is 7.77. The third kappa shape index (κ3) is 2.43. The van der Waals surface area contributed by atoms with E-state index in [2.05, 4.69) is 11.4 Å². The van der Waals surface area contributed by atoms with Gasteiger partial charge >= 0.3 is 0 Å². The van der Waals surface area contributed by atoms with Crippen molar-refractivity contribution in [2.24, 2.45) is 0 Å². The second-order valence-electron chi connectivity index (χ2n) is 5.29. The molecule has 3 heteroatoms. The Balaban J connectivity index is 0.00000108. The number of nitrogens with one attached hydrogen (secondary N) is 1. The van der Waals surface area contributed by atoms with Gasteiger partial charge in [0.1, 0.15) is 5.75 Å². The molecule has 1 aromatic rings. The molecule has 3 rings (SSSR count). The van der Waals surface area contributed by atoms with Gasteiger partial charge < -0.3 is 10.4 Å². The molecule has 1 fully saturated rings. The molecule has 94 valence electrons. The number of fused-ring (bicyclic) bond motifs is 1. The molecule has 1 unspecified atom stereocenters. The van der Waals surface area contributed by atoms with E-state index in [1.54, 1.807) is 0 Å². The molecule has 1 heterocycles. The summed E-state index contributed by atoms with van der Waals surface area (Å²) in [5.74, 6) is 0.409. The molecule has 0 saturated carbocycles. The topological polar surface area (TPSA) is 32.3 Å². The molecule has 1 aliphatic carbocycles. The SMILES string of the molecule is Cl.Oc1ccc2c(c1)CCC1(CCCCN1)C2. The lowest BCUT2D eigenvalue weighted by atomic mass is 9.74. The Labute approximate surface area is 109 Å². The highest BCUT2D eigenvalue weighted by Gasteiger charge is 2.35. The average Bonchev–Trinajstić information content (AvgIpc) is 2.31. The number of benzene rings is 1. The first-order valence-electron chi connectivity index (χ1n) is 6.33. The van der Waals surface area contributed by atoms with Gasteiger partial charge in [-0.25, -0.2) is 0 Å². The van der Waals surface area contributed by atoms with Gasteiger partial charge in [-0.05, 0) is 61.9 Å². The van der Waals surface area contributed by atoms with Gasteiger partial charge in [-0.15, -0.1) is 12.4 Å². The Hall–Kier alpha value is -0.730. The van der Waals surface area contributed by atoms with Crippen molar-refractivity contribution in [3.8, 4) is 5.75 Å². The van der Waals surface area contributed by atoms with E-state index >= 15 is 0 Å². The molecule has 0 bridgehead atoms. The number of halogens is 1. The number of hydrogen-bond acceptors (Lipinski definition) is 2. The average molecular weight is 254 g/mol. The van der Waals surface area contributed by atoms with Crippen LogP contribution < -0.4 is 5.32 Å². The van der Waals surface area contributed by atoms with Gasteiger partial charge in [0.25, 0.3) is 0 Å². The quantitative estimate of drug-likeness (QED) is 0.745. The molecular weight excluding hydrogens is 234 g/mol. The zero-order valence-electron chi connectivity index (χ0n) is 10.0. The lowest BCUT2D eigenvalue weighted by molar-refractivity contribution is 0.225. The van der Waals surface area contributed by atoms with Crippen LogP contribution in [0.15, 0.2) is 18.2 Å². The van der Waals surface area contributed by atoms with Crippen molar-refractivity contribution in [1.29, 1.82) is 0 Å². The van der Waals surface area contributed by atoms with Crippen molar-refractivity contribution < 1.29 is 5.11 Å². The summed E-state index contributed by atoms with van der Waals surface area (Å²) in [7, 11) is 0. The molecule has 0 radical (unpaired) electrons. The van der Waals surface area contributed by atoms with E-state index in [0.717, 1.165) is 12.8 Å². The standard InChI is InChI=1S/C14H19NO.ClH/c16-13-4-3-12-10-14(6-1-2-8-15-14)7-5-11(12)9-13;/h3-4,9,15-16H,1-2,5-8,10H2;1H. The van der Waals surface area contributed by atoms with Gasteiger partial charge in [0.15, 0.2) is 0 Å². The highest BCUT2D eigenvalue weighted by atomic mass is 35.5. The Bertz CT molecular complexity index is 399. The van der Waals surface area contributed by atoms with Crippen molar-refractivity contribution in [3.63, 3.8) is 0 Å². The fraction of sp³-hybridized carbons (Fsp3) is 0.571. The summed E-state index contributed by atoms with van der Waals surface area (Å²) < 4.78 is 0. The predicted octanol–water partition coefficient (Wildman–Crippen LogP) is 2.82. The van der Waals surface area contributed by atoms with E-state index in [-0.39, 0.29) is 12.4 Å². The van der Waals surface area contributed by atoms with Crippen LogP contribution in [0.1, 0.15) is 36.8 Å². The monoisotopic (exact) mass is 253 g/mol. The van der Waals surface area contributed by atoms with Gasteiger partial charge in [-0.1, -0.05) is 12.5 Å². The second-order valence-corrected chi connectivity index (χ2v) is 5.29. The summed E-state index contributed by atoms with van der Waals surface area (Å²) in [5, 5.41) is 13.2. The molecule has 1 atom stereocenters. The first-order valence-corrected chi connectivity index (χ1v) is 6.33. The van der Waals surface area contributed by atoms with E-state index in [4.69, 9.17) is 0 Å². The van der Waals surface area contributed by atoms with Gasteiger partial charge in [-0.3, -0.25) is 0 Å². The maximum atomic E-state index is 9.47.